The largest absolute Gasteiger partial charge is 0.508 e. The quantitative estimate of drug-likeness (QED) is 0.657. The average Bonchev–Trinajstić information content (AvgIpc) is 2.45. The second-order valence-corrected chi connectivity index (χ2v) is 6.69. The molecule has 2 aromatic carbocycles. The molecule has 126 valence electrons. The zero-order chi connectivity index (χ0) is 17.7. The number of phenolic OH excluding ortho intramolecular Hbond substituents is 2. The van der Waals surface area contributed by atoms with E-state index in [4.69, 9.17) is 0 Å². The van der Waals surface area contributed by atoms with E-state index in [1.54, 1.807) is 0 Å². The van der Waals surface area contributed by atoms with Crippen molar-refractivity contribution >= 4 is 15.9 Å². The summed E-state index contributed by atoms with van der Waals surface area (Å²) in [5.41, 5.74) is 1.28. The molecule has 0 atom stereocenters. The van der Waals surface area contributed by atoms with E-state index in [0.29, 0.717) is 15.6 Å². The van der Waals surface area contributed by atoms with Crippen LogP contribution in [0.4, 0.5) is 8.78 Å². The number of aromatic hydroxyl groups is 2. The summed E-state index contributed by atoms with van der Waals surface area (Å²) in [5, 5.41) is 18.7. The highest BCUT2D eigenvalue weighted by molar-refractivity contribution is 9.10. The monoisotopic (exact) mass is 386 g/mol. The lowest BCUT2D eigenvalue weighted by molar-refractivity contribution is 0.458. The maximum atomic E-state index is 12.8. The Labute approximate surface area is 143 Å². The molecule has 0 aliphatic heterocycles. The molecule has 0 aliphatic carbocycles. The maximum Gasteiger partial charge on any atom is 0.133 e. The van der Waals surface area contributed by atoms with E-state index in [9.17, 15) is 19.0 Å². The van der Waals surface area contributed by atoms with Crippen LogP contribution in [-0.4, -0.2) is 10.2 Å². The first-order valence-electron chi connectivity index (χ1n) is 7.29. The molecule has 0 fully saturated rings. The molecule has 2 nitrogen and oxygen atoms in total. The normalized spacial score (nSPS) is 10.7. The molecule has 0 spiro atoms. The van der Waals surface area contributed by atoms with Gasteiger partial charge in [-0.05, 0) is 63.7 Å². The van der Waals surface area contributed by atoms with Crippen molar-refractivity contribution in [2.45, 2.75) is 39.5 Å². The maximum absolute atomic E-state index is 12.8. The van der Waals surface area contributed by atoms with E-state index in [1.165, 1.54) is 30.3 Å². The molecule has 0 saturated heterocycles. The standard InChI is InChI=1S/C9H10BrFO.C9H11FO/c1-5(2)7-3-6(11)4-8(10)9(7)12;1-6(2)8-5-7(10)3-4-9(8)11/h3-5,12H,1-2H3;3-6,11H,1-2H3. The smallest absolute Gasteiger partial charge is 0.133 e. The first-order chi connectivity index (χ1) is 10.6. The highest BCUT2D eigenvalue weighted by atomic mass is 79.9. The summed E-state index contributed by atoms with van der Waals surface area (Å²) in [5.74, 6) is -0.0506. The average molecular weight is 387 g/mol. The molecule has 0 amide bonds. The summed E-state index contributed by atoms with van der Waals surface area (Å²) >= 11 is 3.08. The van der Waals surface area contributed by atoms with Gasteiger partial charge in [-0.2, -0.15) is 0 Å². The molecule has 0 aliphatic rings. The van der Waals surface area contributed by atoms with E-state index in [0.717, 1.165) is 0 Å². The van der Waals surface area contributed by atoms with Crippen LogP contribution < -0.4 is 0 Å². The number of halogens is 3. The van der Waals surface area contributed by atoms with Gasteiger partial charge in [0.1, 0.15) is 23.1 Å². The first kappa shape index (κ1) is 19.4. The van der Waals surface area contributed by atoms with Gasteiger partial charge in [0.25, 0.3) is 0 Å². The van der Waals surface area contributed by atoms with Crippen molar-refractivity contribution in [1.29, 1.82) is 0 Å². The van der Waals surface area contributed by atoms with Crippen LogP contribution >= 0.6 is 15.9 Å². The minimum absolute atomic E-state index is 0.122. The van der Waals surface area contributed by atoms with Crippen molar-refractivity contribution in [2.75, 3.05) is 0 Å². The molecule has 0 unspecified atom stereocenters. The number of hydrogen-bond acceptors (Lipinski definition) is 2. The van der Waals surface area contributed by atoms with Crippen molar-refractivity contribution in [2.24, 2.45) is 0 Å². The summed E-state index contributed by atoms with van der Waals surface area (Å²) in [6.45, 7) is 7.63. The van der Waals surface area contributed by atoms with E-state index < -0.39 is 0 Å². The van der Waals surface area contributed by atoms with E-state index in [1.807, 2.05) is 27.7 Å². The van der Waals surface area contributed by atoms with Crippen molar-refractivity contribution in [3.05, 3.63) is 57.6 Å². The fourth-order valence-corrected chi connectivity index (χ4v) is 2.46. The molecule has 0 saturated carbocycles. The van der Waals surface area contributed by atoms with Crippen LogP contribution in [-0.2, 0) is 0 Å². The molecule has 0 heterocycles. The SMILES string of the molecule is CC(C)c1cc(F)cc(Br)c1O.CC(C)c1cc(F)ccc1O. The van der Waals surface area contributed by atoms with Crippen LogP contribution in [0.3, 0.4) is 0 Å². The third-order valence-corrected chi connectivity index (χ3v) is 3.90. The van der Waals surface area contributed by atoms with E-state index in [2.05, 4.69) is 15.9 Å². The molecule has 2 rings (SSSR count). The topological polar surface area (TPSA) is 40.5 Å². The van der Waals surface area contributed by atoms with Crippen molar-refractivity contribution in [1.82, 2.24) is 0 Å². The van der Waals surface area contributed by atoms with Gasteiger partial charge in [0.15, 0.2) is 0 Å². The number of hydrogen-bond donors (Lipinski definition) is 2. The minimum atomic E-state index is -0.330. The van der Waals surface area contributed by atoms with Gasteiger partial charge in [0, 0.05) is 5.56 Å². The zero-order valence-corrected chi connectivity index (χ0v) is 15.2. The predicted molar refractivity (Wildman–Crippen MR) is 92.0 cm³/mol. The Hall–Kier alpha value is -1.62. The Morgan fingerprint density at radius 3 is 1.83 bits per heavy atom. The lowest BCUT2D eigenvalue weighted by Crippen LogP contribution is -1.90. The molecular weight excluding hydrogens is 366 g/mol. The van der Waals surface area contributed by atoms with E-state index >= 15 is 0 Å². The van der Waals surface area contributed by atoms with E-state index in [-0.39, 0.29) is 35.0 Å². The van der Waals surface area contributed by atoms with Crippen LogP contribution in [0.15, 0.2) is 34.8 Å². The Bertz CT molecular complexity index is 670. The van der Waals surface area contributed by atoms with Gasteiger partial charge in [-0.3, -0.25) is 0 Å². The van der Waals surface area contributed by atoms with Gasteiger partial charge in [-0.1, -0.05) is 27.7 Å². The second kappa shape index (κ2) is 8.29. The molecule has 0 radical (unpaired) electrons. The Morgan fingerprint density at radius 2 is 1.35 bits per heavy atom. The Kier molecular flexibility index (Phi) is 7.01. The third kappa shape index (κ3) is 5.50. The lowest BCUT2D eigenvalue weighted by Gasteiger charge is -2.09. The van der Waals surface area contributed by atoms with Crippen LogP contribution in [0.2, 0.25) is 0 Å². The van der Waals surface area contributed by atoms with Gasteiger partial charge in [0.2, 0.25) is 0 Å². The Balaban J connectivity index is 0.000000231. The number of benzene rings is 2. The van der Waals surface area contributed by atoms with Gasteiger partial charge >= 0.3 is 0 Å². The fraction of sp³-hybridized carbons (Fsp3) is 0.333. The molecule has 0 bridgehead atoms. The van der Waals surface area contributed by atoms with Gasteiger partial charge in [-0.15, -0.1) is 0 Å². The van der Waals surface area contributed by atoms with Crippen LogP contribution in [0.1, 0.15) is 50.7 Å². The molecule has 23 heavy (non-hydrogen) atoms. The molecule has 5 heteroatoms. The lowest BCUT2D eigenvalue weighted by atomic mass is 10.0. The molecular formula is C18H21BrF2O2. The minimum Gasteiger partial charge on any atom is -0.508 e. The molecule has 2 aromatic rings. The van der Waals surface area contributed by atoms with Gasteiger partial charge in [0.05, 0.1) is 4.47 Å². The predicted octanol–water partition coefficient (Wildman–Crippen LogP) is 6.07. The number of phenols is 2. The summed E-state index contributed by atoms with van der Waals surface area (Å²) in [6, 6.07) is 6.60. The van der Waals surface area contributed by atoms with Gasteiger partial charge < -0.3 is 10.2 Å². The molecule has 0 aromatic heterocycles. The summed E-state index contributed by atoms with van der Waals surface area (Å²) < 4.78 is 25.8. The highest BCUT2D eigenvalue weighted by Gasteiger charge is 2.10. The summed E-state index contributed by atoms with van der Waals surface area (Å²) in [4.78, 5) is 0. The third-order valence-electron chi connectivity index (χ3n) is 3.29. The first-order valence-corrected chi connectivity index (χ1v) is 8.09. The van der Waals surface area contributed by atoms with Crippen molar-refractivity contribution in [3.8, 4) is 11.5 Å². The van der Waals surface area contributed by atoms with Crippen LogP contribution in [0.25, 0.3) is 0 Å². The van der Waals surface area contributed by atoms with Crippen LogP contribution in [0.5, 0.6) is 11.5 Å². The number of rotatable bonds is 2. The highest BCUT2D eigenvalue weighted by Crippen LogP contribution is 2.33. The van der Waals surface area contributed by atoms with Crippen molar-refractivity contribution in [3.63, 3.8) is 0 Å². The summed E-state index contributed by atoms with van der Waals surface area (Å²) in [7, 11) is 0. The molecule has 2 N–H and O–H groups in total. The second-order valence-electron chi connectivity index (χ2n) is 5.84. The fourth-order valence-electron chi connectivity index (χ4n) is 2.01. The Morgan fingerprint density at radius 1 is 0.826 bits per heavy atom. The zero-order valence-electron chi connectivity index (χ0n) is 13.6. The summed E-state index contributed by atoms with van der Waals surface area (Å²) in [6.07, 6.45) is 0. The van der Waals surface area contributed by atoms with Gasteiger partial charge in [-0.25, -0.2) is 8.78 Å². The van der Waals surface area contributed by atoms with Crippen molar-refractivity contribution < 1.29 is 19.0 Å². The van der Waals surface area contributed by atoms with Crippen LogP contribution in [0, 0.1) is 11.6 Å².